The molecular weight excluding hydrogens is 436 g/mol. The van der Waals surface area contributed by atoms with Gasteiger partial charge in [-0.1, -0.05) is 12.1 Å². The van der Waals surface area contributed by atoms with E-state index < -0.39 is 27.4 Å². The molecule has 0 saturated carbocycles. The first-order valence-corrected chi connectivity index (χ1v) is 10.8. The first kappa shape index (κ1) is 22.7. The van der Waals surface area contributed by atoms with E-state index in [4.69, 9.17) is 4.74 Å². The summed E-state index contributed by atoms with van der Waals surface area (Å²) in [5, 5.41) is 2.56. The number of benzene rings is 2. The first-order valence-electron chi connectivity index (χ1n) is 9.34. The standard InChI is InChI=1S/C21H20N4O6S/c1-13(26)25-32(29,30)17-9-5-15(6-10-17)22-21(28)18-12-20(27)24-19(23-18)11-14-3-7-16(31-2)8-4-14/h3-10,12H,11H2,1-2H3,(H,22,28)(H,25,26)(H,23,24,27). The molecule has 1 heterocycles. The minimum atomic E-state index is -3.98. The molecule has 0 aliphatic rings. The Labute approximate surface area is 183 Å². The summed E-state index contributed by atoms with van der Waals surface area (Å²) in [5.74, 6) is -0.346. The van der Waals surface area contributed by atoms with Crippen molar-refractivity contribution in [3.63, 3.8) is 0 Å². The van der Waals surface area contributed by atoms with E-state index in [1.165, 1.54) is 24.3 Å². The van der Waals surface area contributed by atoms with Crippen molar-refractivity contribution in [2.45, 2.75) is 18.2 Å². The second kappa shape index (κ2) is 9.43. The Kier molecular flexibility index (Phi) is 6.69. The molecule has 32 heavy (non-hydrogen) atoms. The van der Waals surface area contributed by atoms with Gasteiger partial charge in [-0.25, -0.2) is 18.1 Å². The molecule has 11 heteroatoms. The van der Waals surface area contributed by atoms with Gasteiger partial charge in [0.25, 0.3) is 21.5 Å². The van der Waals surface area contributed by atoms with Crippen LogP contribution < -0.4 is 20.3 Å². The van der Waals surface area contributed by atoms with Crippen LogP contribution in [0.4, 0.5) is 5.69 Å². The van der Waals surface area contributed by atoms with Crippen molar-refractivity contribution >= 4 is 27.5 Å². The van der Waals surface area contributed by atoms with Crippen molar-refractivity contribution in [3.8, 4) is 5.75 Å². The van der Waals surface area contributed by atoms with Crippen LogP contribution in [-0.2, 0) is 21.2 Å². The molecule has 1 aromatic heterocycles. The molecule has 2 amide bonds. The Bertz CT molecular complexity index is 1300. The lowest BCUT2D eigenvalue weighted by Gasteiger charge is -2.08. The number of carbonyl (C=O) groups excluding carboxylic acids is 2. The summed E-state index contributed by atoms with van der Waals surface area (Å²) >= 11 is 0. The third-order valence-corrected chi connectivity index (χ3v) is 5.70. The molecule has 0 radical (unpaired) electrons. The van der Waals surface area contributed by atoms with Crippen LogP contribution in [0.2, 0.25) is 0 Å². The molecule has 166 valence electrons. The van der Waals surface area contributed by atoms with Crippen molar-refractivity contribution < 1.29 is 22.7 Å². The Morgan fingerprint density at radius 1 is 1.06 bits per heavy atom. The minimum Gasteiger partial charge on any atom is -0.497 e. The number of rotatable bonds is 7. The number of anilines is 1. The van der Waals surface area contributed by atoms with E-state index in [1.807, 2.05) is 16.9 Å². The fourth-order valence-corrected chi connectivity index (χ4v) is 3.80. The van der Waals surface area contributed by atoms with E-state index in [-0.39, 0.29) is 16.3 Å². The van der Waals surface area contributed by atoms with Gasteiger partial charge in [-0.15, -0.1) is 0 Å². The summed E-state index contributed by atoms with van der Waals surface area (Å²) < 4.78 is 30.9. The van der Waals surface area contributed by atoms with Crippen molar-refractivity contribution in [1.29, 1.82) is 0 Å². The minimum absolute atomic E-state index is 0.0905. The Hall–Kier alpha value is -3.99. The predicted octanol–water partition coefficient (Wildman–Crippen LogP) is 1.45. The monoisotopic (exact) mass is 456 g/mol. The van der Waals surface area contributed by atoms with Crippen LogP contribution in [0.5, 0.6) is 5.75 Å². The molecule has 3 N–H and O–H groups in total. The number of sulfonamides is 1. The summed E-state index contributed by atoms with van der Waals surface area (Å²) in [4.78, 5) is 42.3. The first-order chi connectivity index (χ1) is 15.2. The normalized spacial score (nSPS) is 10.9. The molecule has 0 bridgehead atoms. The average molecular weight is 456 g/mol. The zero-order valence-corrected chi connectivity index (χ0v) is 18.0. The number of nitrogens with zero attached hydrogens (tertiary/aromatic N) is 1. The van der Waals surface area contributed by atoms with Crippen LogP contribution in [0.25, 0.3) is 0 Å². The SMILES string of the molecule is COc1ccc(Cc2nc(C(=O)Nc3ccc(S(=O)(=O)NC(C)=O)cc3)cc(=O)[nH]2)cc1. The number of carbonyl (C=O) groups is 2. The van der Waals surface area contributed by atoms with E-state index in [9.17, 15) is 22.8 Å². The lowest BCUT2D eigenvalue weighted by molar-refractivity contribution is -0.117. The Morgan fingerprint density at radius 3 is 2.31 bits per heavy atom. The van der Waals surface area contributed by atoms with Gasteiger partial charge >= 0.3 is 0 Å². The zero-order valence-electron chi connectivity index (χ0n) is 17.2. The summed E-state index contributed by atoms with van der Waals surface area (Å²) in [6.45, 7) is 1.09. The molecule has 2 aromatic carbocycles. The smallest absolute Gasteiger partial charge is 0.274 e. The van der Waals surface area contributed by atoms with Gasteiger partial charge in [-0.05, 0) is 42.0 Å². The molecule has 0 atom stereocenters. The van der Waals surface area contributed by atoms with Crippen LogP contribution in [-0.4, -0.2) is 37.3 Å². The summed E-state index contributed by atoms with van der Waals surface area (Å²) in [6, 6.07) is 13.5. The zero-order chi connectivity index (χ0) is 23.3. The number of aromatic amines is 1. The van der Waals surface area contributed by atoms with Crippen molar-refractivity contribution in [2.24, 2.45) is 0 Å². The van der Waals surface area contributed by atoms with Crippen molar-refractivity contribution in [1.82, 2.24) is 14.7 Å². The van der Waals surface area contributed by atoms with Gasteiger partial charge in [0.15, 0.2) is 0 Å². The van der Waals surface area contributed by atoms with Crippen molar-refractivity contribution in [3.05, 3.63) is 82.0 Å². The molecular formula is C21H20N4O6S. The number of methoxy groups -OCH3 is 1. The van der Waals surface area contributed by atoms with Crippen LogP contribution in [0.15, 0.2) is 64.3 Å². The Morgan fingerprint density at radius 2 is 1.72 bits per heavy atom. The molecule has 3 aromatic rings. The summed E-state index contributed by atoms with van der Waals surface area (Å²) in [6.07, 6.45) is 0.302. The van der Waals surface area contributed by atoms with Crippen LogP contribution >= 0.6 is 0 Å². The topological polar surface area (TPSA) is 147 Å². The van der Waals surface area contributed by atoms with Gasteiger partial charge < -0.3 is 15.0 Å². The van der Waals surface area contributed by atoms with Gasteiger partial charge in [-0.3, -0.25) is 14.4 Å². The molecule has 10 nitrogen and oxygen atoms in total. The predicted molar refractivity (Wildman–Crippen MR) is 116 cm³/mol. The maximum atomic E-state index is 12.6. The van der Waals surface area contributed by atoms with Gasteiger partial charge in [0.05, 0.1) is 12.0 Å². The molecule has 0 unspecified atom stereocenters. The molecule has 0 spiro atoms. The van der Waals surface area contributed by atoms with Crippen LogP contribution in [0, 0.1) is 0 Å². The maximum absolute atomic E-state index is 12.6. The lowest BCUT2D eigenvalue weighted by atomic mass is 10.1. The number of aromatic nitrogens is 2. The highest BCUT2D eigenvalue weighted by Gasteiger charge is 2.16. The van der Waals surface area contributed by atoms with E-state index in [1.54, 1.807) is 19.2 Å². The Balaban J connectivity index is 1.75. The number of hydrogen-bond donors (Lipinski definition) is 3. The average Bonchev–Trinajstić information content (AvgIpc) is 2.73. The van der Waals surface area contributed by atoms with E-state index in [0.29, 0.717) is 18.0 Å². The number of nitrogens with one attached hydrogen (secondary N) is 3. The lowest BCUT2D eigenvalue weighted by Crippen LogP contribution is -2.28. The van der Waals surface area contributed by atoms with Gasteiger partial charge in [0.1, 0.15) is 17.3 Å². The van der Waals surface area contributed by atoms with Gasteiger partial charge in [-0.2, -0.15) is 0 Å². The number of amides is 2. The third-order valence-electron chi connectivity index (χ3n) is 4.25. The third kappa shape index (κ3) is 5.79. The number of hydrogen-bond acceptors (Lipinski definition) is 7. The second-order valence-electron chi connectivity index (χ2n) is 6.74. The van der Waals surface area contributed by atoms with Gasteiger partial charge in [0.2, 0.25) is 5.91 Å². The largest absolute Gasteiger partial charge is 0.497 e. The highest BCUT2D eigenvalue weighted by atomic mass is 32.2. The molecule has 0 aliphatic carbocycles. The van der Waals surface area contributed by atoms with Crippen LogP contribution in [0.1, 0.15) is 28.8 Å². The molecule has 0 fully saturated rings. The number of ether oxygens (including phenoxy) is 1. The highest BCUT2D eigenvalue weighted by molar-refractivity contribution is 7.90. The molecule has 0 saturated heterocycles. The fourth-order valence-electron chi connectivity index (χ4n) is 2.81. The molecule has 0 aliphatic heterocycles. The highest BCUT2D eigenvalue weighted by Crippen LogP contribution is 2.15. The summed E-state index contributed by atoms with van der Waals surface area (Å²) in [5.41, 5.74) is 0.579. The van der Waals surface area contributed by atoms with E-state index in [0.717, 1.165) is 18.6 Å². The van der Waals surface area contributed by atoms with Crippen molar-refractivity contribution in [2.75, 3.05) is 12.4 Å². The summed E-state index contributed by atoms with van der Waals surface area (Å²) in [7, 11) is -2.42. The quantitative estimate of drug-likeness (QED) is 0.487. The maximum Gasteiger partial charge on any atom is 0.274 e. The van der Waals surface area contributed by atoms with Gasteiger partial charge in [0, 0.05) is 25.1 Å². The van der Waals surface area contributed by atoms with E-state index >= 15 is 0 Å². The fraction of sp³-hybridized carbons (Fsp3) is 0.143. The van der Waals surface area contributed by atoms with E-state index in [2.05, 4.69) is 15.3 Å². The molecule has 3 rings (SSSR count). The van der Waals surface area contributed by atoms with Crippen LogP contribution in [0.3, 0.4) is 0 Å². The number of H-pyrrole nitrogens is 1. The second-order valence-corrected chi connectivity index (χ2v) is 8.42.